The van der Waals surface area contributed by atoms with Crippen molar-refractivity contribution in [3.8, 4) is 0 Å². The van der Waals surface area contributed by atoms with E-state index < -0.39 is 0 Å². The van der Waals surface area contributed by atoms with Crippen molar-refractivity contribution in [2.75, 3.05) is 32.1 Å². The number of alkyl halides is 1. The molecule has 0 amide bonds. The average molecular weight is 286 g/mol. The molecule has 0 radical (unpaired) electrons. The minimum atomic E-state index is 0.791. The Labute approximate surface area is 107 Å². The maximum Gasteiger partial charge on any atom is 0.0589 e. The van der Waals surface area contributed by atoms with Gasteiger partial charge in [-0.05, 0) is 18.1 Å². The van der Waals surface area contributed by atoms with Gasteiger partial charge in [-0.2, -0.15) is 0 Å². The van der Waals surface area contributed by atoms with Crippen LogP contribution in [0.2, 0.25) is 0 Å². The van der Waals surface area contributed by atoms with Crippen molar-refractivity contribution in [3.05, 3.63) is 35.4 Å². The molecule has 90 valence electrons. The number of hydrogen-bond donors (Lipinski definition) is 0. The topological polar surface area (TPSA) is 12.5 Å². The number of nitrogens with zero attached hydrogens (tertiary/aromatic N) is 1. The Morgan fingerprint density at radius 1 is 1.25 bits per heavy atom. The van der Waals surface area contributed by atoms with E-state index in [0.717, 1.165) is 31.6 Å². The molecule has 0 saturated heterocycles. The Hall–Kier alpha value is -0.380. The van der Waals surface area contributed by atoms with Crippen LogP contribution in [0.15, 0.2) is 24.3 Å². The maximum absolute atomic E-state index is 5.13. The van der Waals surface area contributed by atoms with Gasteiger partial charge in [-0.3, -0.25) is 4.90 Å². The van der Waals surface area contributed by atoms with Crippen LogP contribution >= 0.6 is 15.9 Å². The average Bonchev–Trinajstić information content (AvgIpc) is 2.29. The number of halogens is 1. The van der Waals surface area contributed by atoms with Crippen LogP contribution in [0.3, 0.4) is 0 Å². The molecule has 16 heavy (non-hydrogen) atoms. The number of ether oxygens (including phenoxy) is 1. The van der Waals surface area contributed by atoms with Crippen LogP contribution in [0.5, 0.6) is 0 Å². The van der Waals surface area contributed by atoms with Crippen molar-refractivity contribution >= 4 is 15.9 Å². The van der Waals surface area contributed by atoms with E-state index >= 15 is 0 Å². The quantitative estimate of drug-likeness (QED) is 0.715. The van der Waals surface area contributed by atoms with Gasteiger partial charge in [0.1, 0.15) is 0 Å². The second-order valence-electron chi connectivity index (χ2n) is 3.88. The summed E-state index contributed by atoms with van der Waals surface area (Å²) in [6.45, 7) is 5.99. The van der Waals surface area contributed by atoms with Crippen LogP contribution in [0.4, 0.5) is 0 Å². The van der Waals surface area contributed by atoms with Crippen molar-refractivity contribution in [1.82, 2.24) is 4.90 Å². The fourth-order valence-corrected chi connectivity index (χ4v) is 2.14. The highest BCUT2D eigenvalue weighted by Crippen LogP contribution is 2.10. The summed E-state index contributed by atoms with van der Waals surface area (Å²) >= 11 is 3.49. The Morgan fingerprint density at radius 2 is 2.00 bits per heavy atom. The van der Waals surface area contributed by atoms with E-state index in [-0.39, 0.29) is 0 Å². The minimum Gasteiger partial charge on any atom is -0.383 e. The van der Waals surface area contributed by atoms with Gasteiger partial charge >= 0.3 is 0 Å². The highest BCUT2D eigenvalue weighted by Gasteiger charge is 2.06. The molecular formula is C13H20BrNO. The first-order valence-corrected chi connectivity index (χ1v) is 6.72. The SMILES string of the molecule is COCCN(CCBr)Cc1ccccc1C. The third kappa shape index (κ3) is 4.64. The number of methoxy groups -OCH3 is 1. The number of hydrogen-bond acceptors (Lipinski definition) is 2. The van der Waals surface area contributed by atoms with E-state index in [1.807, 2.05) is 0 Å². The van der Waals surface area contributed by atoms with Crippen LogP contribution < -0.4 is 0 Å². The molecule has 0 aromatic heterocycles. The minimum absolute atomic E-state index is 0.791. The molecule has 0 heterocycles. The van der Waals surface area contributed by atoms with E-state index in [0.29, 0.717) is 0 Å². The lowest BCUT2D eigenvalue weighted by atomic mass is 10.1. The molecule has 0 aliphatic rings. The Morgan fingerprint density at radius 3 is 2.62 bits per heavy atom. The van der Waals surface area contributed by atoms with Gasteiger partial charge in [-0.15, -0.1) is 0 Å². The third-order valence-electron chi connectivity index (χ3n) is 2.67. The van der Waals surface area contributed by atoms with Gasteiger partial charge in [0.05, 0.1) is 6.61 Å². The van der Waals surface area contributed by atoms with E-state index in [9.17, 15) is 0 Å². The molecule has 3 heteroatoms. The number of aryl methyl sites for hydroxylation is 1. The van der Waals surface area contributed by atoms with Gasteiger partial charge in [0.25, 0.3) is 0 Å². The monoisotopic (exact) mass is 285 g/mol. The van der Waals surface area contributed by atoms with Crippen LogP contribution in [0, 0.1) is 6.92 Å². The highest BCUT2D eigenvalue weighted by molar-refractivity contribution is 9.09. The molecule has 0 N–H and O–H groups in total. The zero-order valence-corrected chi connectivity index (χ0v) is 11.7. The summed E-state index contributed by atoms with van der Waals surface area (Å²) < 4.78 is 5.13. The zero-order valence-electron chi connectivity index (χ0n) is 10.1. The fourth-order valence-electron chi connectivity index (χ4n) is 1.64. The Bertz CT molecular complexity index is 304. The fraction of sp³-hybridized carbons (Fsp3) is 0.538. The summed E-state index contributed by atoms with van der Waals surface area (Å²) in [6, 6.07) is 8.55. The van der Waals surface area contributed by atoms with Crippen LogP contribution in [-0.2, 0) is 11.3 Å². The molecule has 0 bridgehead atoms. The molecule has 0 saturated carbocycles. The van der Waals surface area contributed by atoms with E-state index in [2.05, 4.69) is 52.0 Å². The third-order valence-corrected chi connectivity index (χ3v) is 3.02. The predicted molar refractivity (Wildman–Crippen MR) is 72.1 cm³/mol. The van der Waals surface area contributed by atoms with Crippen LogP contribution in [-0.4, -0.2) is 37.0 Å². The predicted octanol–water partition coefficient (Wildman–Crippen LogP) is 2.84. The lowest BCUT2D eigenvalue weighted by Gasteiger charge is -2.21. The number of rotatable bonds is 7. The molecule has 2 nitrogen and oxygen atoms in total. The first-order chi connectivity index (χ1) is 7.77. The first-order valence-electron chi connectivity index (χ1n) is 5.59. The van der Waals surface area contributed by atoms with Crippen molar-refractivity contribution in [2.45, 2.75) is 13.5 Å². The molecular weight excluding hydrogens is 266 g/mol. The zero-order chi connectivity index (χ0) is 11.8. The van der Waals surface area contributed by atoms with Gasteiger partial charge in [-0.1, -0.05) is 40.2 Å². The van der Waals surface area contributed by atoms with Gasteiger partial charge in [0, 0.05) is 32.1 Å². The first kappa shape index (κ1) is 13.7. The summed E-state index contributed by atoms with van der Waals surface area (Å²) in [6.07, 6.45) is 0. The van der Waals surface area contributed by atoms with E-state index in [4.69, 9.17) is 4.74 Å². The second-order valence-corrected chi connectivity index (χ2v) is 4.68. The lowest BCUT2D eigenvalue weighted by molar-refractivity contribution is 0.148. The summed E-state index contributed by atoms with van der Waals surface area (Å²) in [5.41, 5.74) is 2.76. The summed E-state index contributed by atoms with van der Waals surface area (Å²) in [5, 5.41) is 1.00. The molecule has 0 aliphatic heterocycles. The smallest absolute Gasteiger partial charge is 0.0589 e. The summed E-state index contributed by atoms with van der Waals surface area (Å²) in [5.74, 6) is 0. The van der Waals surface area contributed by atoms with E-state index in [1.54, 1.807) is 7.11 Å². The molecule has 0 spiro atoms. The van der Waals surface area contributed by atoms with Crippen LogP contribution in [0.25, 0.3) is 0 Å². The molecule has 0 fully saturated rings. The maximum atomic E-state index is 5.13. The van der Waals surface area contributed by atoms with Crippen LogP contribution in [0.1, 0.15) is 11.1 Å². The standard InChI is InChI=1S/C13H20BrNO/c1-12-5-3-4-6-13(12)11-15(8-7-14)9-10-16-2/h3-6H,7-11H2,1-2H3. The molecule has 0 aliphatic carbocycles. The van der Waals surface area contributed by atoms with Crippen molar-refractivity contribution < 1.29 is 4.74 Å². The number of benzene rings is 1. The van der Waals surface area contributed by atoms with Crippen molar-refractivity contribution in [2.24, 2.45) is 0 Å². The molecule has 1 aromatic carbocycles. The van der Waals surface area contributed by atoms with Gasteiger partial charge < -0.3 is 4.74 Å². The normalized spacial score (nSPS) is 11.0. The Kier molecular flexibility index (Phi) is 6.69. The van der Waals surface area contributed by atoms with E-state index in [1.165, 1.54) is 11.1 Å². The molecule has 0 atom stereocenters. The second kappa shape index (κ2) is 7.82. The van der Waals surface area contributed by atoms with Gasteiger partial charge in [0.15, 0.2) is 0 Å². The largest absolute Gasteiger partial charge is 0.383 e. The lowest BCUT2D eigenvalue weighted by Crippen LogP contribution is -2.29. The summed E-state index contributed by atoms with van der Waals surface area (Å²) in [7, 11) is 1.75. The molecule has 1 rings (SSSR count). The van der Waals surface area contributed by atoms with Gasteiger partial charge in [0.2, 0.25) is 0 Å². The molecule has 0 unspecified atom stereocenters. The molecule has 1 aromatic rings. The van der Waals surface area contributed by atoms with Gasteiger partial charge in [-0.25, -0.2) is 0 Å². The van der Waals surface area contributed by atoms with Crippen molar-refractivity contribution in [3.63, 3.8) is 0 Å². The highest BCUT2D eigenvalue weighted by atomic mass is 79.9. The Balaban J connectivity index is 2.56. The van der Waals surface area contributed by atoms with Crippen molar-refractivity contribution in [1.29, 1.82) is 0 Å². The summed E-state index contributed by atoms with van der Waals surface area (Å²) in [4.78, 5) is 2.40.